The molecule has 2 aliphatic heterocycles. The number of aliphatic hydroxyl groups excluding tert-OH is 2. The van der Waals surface area contributed by atoms with Gasteiger partial charge in [0.1, 0.15) is 24.4 Å². The number of aliphatic hydroxyl groups is 4. The molecular weight excluding hydrogens is 949 g/mol. The van der Waals surface area contributed by atoms with Gasteiger partial charge in [-0.3, -0.25) is 9.59 Å². The van der Waals surface area contributed by atoms with E-state index in [2.05, 4.69) is 9.80 Å². The lowest BCUT2D eigenvalue weighted by Crippen LogP contribution is -2.44. The summed E-state index contributed by atoms with van der Waals surface area (Å²) in [6, 6.07) is 55.0. The Morgan fingerprint density at radius 3 is 1.00 bits per heavy atom. The van der Waals surface area contributed by atoms with Crippen LogP contribution in [0.2, 0.25) is 0 Å². The molecule has 2 fully saturated rings. The number of likely N-dealkylation sites (tertiary alicyclic amines) is 2. The molecule has 10 heteroatoms. The summed E-state index contributed by atoms with van der Waals surface area (Å²) in [4.78, 5) is 31.6. The Kier molecular flexibility index (Phi) is 18.8. The minimum atomic E-state index is -1.05. The molecule has 0 saturated carbocycles. The molecular formula is C66H80N2O8. The van der Waals surface area contributed by atoms with Gasteiger partial charge in [-0.25, -0.2) is 0 Å². The van der Waals surface area contributed by atoms with Gasteiger partial charge in [-0.15, -0.1) is 0 Å². The van der Waals surface area contributed by atoms with Crippen molar-refractivity contribution >= 4 is 11.9 Å². The lowest BCUT2D eigenvalue weighted by Gasteiger charge is -2.42. The first-order chi connectivity index (χ1) is 36.6. The molecule has 402 valence electrons. The minimum absolute atomic E-state index is 0.0911. The third kappa shape index (κ3) is 13.0. The van der Waals surface area contributed by atoms with Crippen molar-refractivity contribution in [1.29, 1.82) is 0 Å². The van der Waals surface area contributed by atoms with Gasteiger partial charge in [0.25, 0.3) is 0 Å². The van der Waals surface area contributed by atoms with Crippen LogP contribution in [0.15, 0.2) is 170 Å². The van der Waals surface area contributed by atoms with Crippen molar-refractivity contribution in [2.75, 3.05) is 52.5 Å². The summed E-state index contributed by atoms with van der Waals surface area (Å²) < 4.78 is 11.3. The van der Waals surface area contributed by atoms with E-state index in [1.165, 1.54) is 0 Å². The van der Waals surface area contributed by atoms with Crippen LogP contribution in [0.3, 0.4) is 0 Å². The number of benzene rings is 6. The van der Waals surface area contributed by atoms with Crippen molar-refractivity contribution in [3.05, 3.63) is 214 Å². The molecule has 10 nitrogen and oxygen atoms in total. The summed E-state index contributed by atoms with van der Waals surface area (Å²) in [5, 5.41) is 46.8. The highest BCUT2D eigenvalue weighted by atomic mass is 16.6. The van der Waals surface area contributed by atoms with Gasteiger partial charge in [0.05, 0.1) is 23.0 Å². The lowest BCUT2D eigenvalue weighted by atomic mass is 9.72. The second kappa shape index (κ2) is 25.4. The summed E-state index contributed by atoms with van der Waals surface area (Å²) in [5.74, 6) is -0.705. The molecule has 0 bridgehead atoms. The van der Waals surface area contributed by atoms with E-state index in [-0.39, 0.29) is 25.0 Å². The number of piperidine rings is 2. The standard InChI is InChI=1S/C66H80N2O8/c1-63(2,51-33-29-49(30-34-51)59(69)27-17-41-67-43-37-57(38-44-67)65(73,53-19-9-5-10-20-53)54-21-11-6-12-22-54)61(71)75-47-48-76-62(72)64(3,4)52-35-31-50(32-36-52)60(70)28-18-42-68-45-39-58(40-46-68)66(74,55-23-13-7-14-24-55)56-25-15-8-16-26-56/h5-16,19-26,29-36,57-60,69-70,73-74H,17-18,27-28,37-48H2,1-4H3. The van der Waals surface area contributed by atoms with E-state index >= 15 is 0 Å². The summed E-state index contributed by atoms with van der Waals surface area (Å²) in [6.45, 7) is 12.3. The highest BCUT2D eigenvalue weighted by Gasteiger charge is 2.43. The van der Waals surface area contributed by atoms with Gasteiger partial charge in [0.2, 0.25) is 0 Å². The largest absolute Gasteiger partial charge is 0.461 e. The Labute approximate surface area is 451 Å². The van der Waals surface area contributed by atoms with Crippen molar-refractivity contribution in [3.8, 4) is 0 Å². The van der Waals surface area contributed by atoms with Crippen LogP contribution >= 0.6 is 0 Å². The zero-order chi connectivity index (χ0) is 53.8. The molecule has 0 amide bonds. The molecule has 2 unspecified atom stereocenters. The number of nitrogens with zero attached hydrogens (tertiary/aromatic N) is 2. The molecule has 0 aromatic heterocycles. The van der Waals surface area contributed by atoms with Crippen LogP contribution in [0.4, 0.5) is 0 Å². The van der Waals surface area contributed by atoms with Crippen molar-refractivity contribution in [2.45, 2.75) is 113 Å². The third-order valence-electron chi connectivity index (χ3n) is 16.7. The van der Waals surface area contributed by atoms with Gasteiger partial charge in [-0.1, -0.05) is 170 Å². The van der Waals surface area contributed by atoms with E-state index in [1.54, 1.807) is 27.7 Å². The van der Waals surface area contributed by atoms with E-state index in [4.69, 9.17) is 9.47 Å². The molecule has 0 spiro atoms. The van der Waals surface area contributed by atoms with Crippen molar-refractivity contribution in [3.63, 3.8) is 0 Å². The summed E-state index contributed by atoms with van der Waals surface area (Å²) >= 11 is 0. The molecule has 2 atom stereocenters. The molecule has 2 heterocycles. The summed E-state index contributed by atoms with van der Waals surface area (Å²) in [6.07, 6.45) is 5.08. The molecule has 0 radical (unpaired) electrons. The normalized spacial score (nSPS) is 16.5. The highest BCUT2D eigenvalue weighted by molar-refractivity contribution is 5.83. The van der Waals surface area contributed by atoms with Crippen LogP contribution in [-0.4, -0.2) is 94.6 Å². The fraction of sp³-hybridized carbons (Fsp3) is 0.424. The van der Waals surface area contributed by atoms with Crippen molar-refractivity contribution in [2.24, 2.45) is 11.8 Å². The zero-order valence-electron chi connectivity index (χ0n) is 45.1. The zero-order valence-corrected chi connectivity index (χ0v) is 45.1. The second-order valence-electron chi connectivity index (χ2n) is 22.3. The number of carbonyl (C=O) groups is 2. The smallest absolute Gasteiger partial charge is 0.316 e. The Morgan fingerprint density at radius 2 is 0.724 bits per heavy atom. The molecule has 6 aromatic rings. The summed E-state index contributed by atoms with van der Waals surface area (Å²) in [7, 11) is 0. The topological polar surface area (TPSA) is 140 Å². The van der Waals surface area contributed by atoms with E-state index in [0.29, 0.717) is 12.8 Å². The molecule has 6 aromatic carbocycles. The first-order valence-corrected chi connectivity index (χ1v) is 27.6. The Hall–Kier alpha value is -5.98. The molecule has 76 heavy (non-hydrogen) atoms. The van der Waals surface area contributed by atoms with E-state index < -0.39 is 46.2 Å². The molecule has 2 saturated heterocycles. The first-order valence-electron chi connectivity index (χ1n) is 27.6. The highest BCUT2D eigenvalue weighted by Crippen LogP contribution is 2.44. The summed E-state index contributed by atoms with van der Waals surface area (Å²) in [5.41, 5.74) is 2.74. The molecule has 8 rings (SSSR count). The fourth-order valence-electron chi connectivity index (χ4n) is 11.7. The van der Waals surface area contributed by atoms with Crippen LogP contribution in [0.1, 0.15) is 136 Å². The monoisotopic (exact) mass is 1030 g/mol. The second-order valence-corrected chi connectivity index (χ2v) is 22.3. The van der Waals surface area contributed by atoms with E-state index in [9.17, 15) is 30.0 Å². The quantitative estimate of drug-likeness (QED) is 0.0362. The van der Waals surface area contributed by atoms with Crippen LogP contribution in [0.25, 0.3) is 0 Å². The molecule has 2 aliphatic rings. The average Bonchev–Trinajstić information content (AvgIpc) is 3.48. The first kappa shape index (κ1) is 56.2. The van der Waals surface area contributed by atoms with Gasteiger partial charge >= 0.3 is 11.9 Å². The minimum Gasteiger partial charge on any atom is -0.461 e. The molecule has 0 aliphatic carbocycles. The lowest BCUT2D eigenvalue weighted by molar-refractivity contribution is -0.158. The maximum Gasteiger partial charge on any atom is 0.316 e. The Balaban J connectivity index is 0.720. The van der Waals surface area contributed by atoms with Gasteiger partial charge in [-0.05, 0) is 175 Å². The number of esters is 2. The van der Waals surface area contributed by atoms with Gasteiger partial charge < -0.3 is 39.7 Å². The number of rotatable bonds is 23. The van der Waals surface area contributed by atoms with Crippen molar-refractivity contribution in [1.82, 2.24) is 9.80 Å². The van der Waals surface area contributed by atoms with Gasteiger partial charge in [0, 0.05) is 0 Å². The third-order valence-corrected chi connectivity index (χ3v) is 16.7. The van der Waals surface area contributed by atoms with Gasteiger partial charge in [-0.2, -0.15) is 0 Å². The Bertz CT molecular complexity index is 2450. The van der Waals surface area contributed by atoms with Crippen LogP contribution in [0.5, 0.6) is 0 Å². The van der Waals surface area contributed by atoms with Crippen LogP contribution < -0.4 is 0 Å². The molecule has 4 N–H and O–H groups in total. The maximum absolute atomic E-state index is 13.4. The van der Waals surface area contributed by atoms with Crippen molar-refractivity contribution < 1.29 is 39.5 Å². The maximum atomic E-state index is 13.4. The number of carbonyl (C=O) groups excluding carboxylic acids is 2. The number of hydrogen-bond acceptors (Lipinski definition) is 10. The predicted octanol–water partition coefficient (Wildman–Crippen LogP) is 11.0. The predicted molar refractivity (Wildman–Crippen MR) is 299 cm³/mol. The van der Waals surface area contributed by atoms with E-state index in [1.807, 2.05) is 170 Å². The fourth-order valence-corrected chi connectivity index (χ4v) is 11.7. The van der Waals surface area contributed by atoms with Crippen LogP contribution in [-0.2, 0) is 41.1 Å². The van der Waals surface area contributed by atoms with Crippen LogP contribution in [0, 0.1) is 11.8 Å². The number of hydrogen-bond donors (Lipinski definition) is 4. The SMILES string of the molecule is CC(C)(C(=O)OCCOC(=O)C(C)(C)c1ccc(C(O)CCCN2CCC(C(O)(c3ccccc3)c3ccccc3)CC2)cc1)c1ccc(C(O)CCCN2CCC(C(O)(c3ccccc3)c3ccccc3)CC2)cc1. The number of ether oxygens (including phenoxy) is 2. The van der Waals surface area contributed by atoms with Gasteiger partial charge in [0.15, 0.2) is 0 Å². The Morgan fingerprint density at radius 1 is 0.447 bits per heavy atom. The van der Waals surface area contributed by atoms with E-state index in [0.717, 1.165) is 122 Å². The average molecular weight is 1030 g/mol.